The Morgan fingerprint density at radius 2 is 1.96 bits per heavy atom. The summed E-state index contributed by atoms with van der Waals surface area (Å²) in [6.45, 7) is 2.51. The summed E-state index contributed by atoms with van der Waals surface area (Å²) in [4.78, 5) is 33.6. The van der Waals surface area contributed by atoms with Crippen LogP contribution >= 0.6 is 0 Å². The highest BCUT2D eigenvalue weighted by Crippen LogP contribution is 2.23. The number of aromatic nitrogens is 2. The summed E-state index contributed by atoms with van der Waals surface area (Å²) in [5, 5.41) is 5.60. The number of H-pyrrole nitrogens is 1. The van der Waals surface area contributed by atoms with Gasteiger partial charge in [-0.15, -0.1) is 0 Å². The number of hydrogen-bond donors (Lipinski definition) is 3. The van der Waals surface area contributed by atoms with E-state index in [-0.39, 0.29) is 11.5 Å². The molecule has 1 heterocycles. The molecular weight excluding hydrogens is 361 g/mol. The SMILES string of the molecule is Cc1ccc(NC(=O)c2cc(F)cc3[nH]cnc23)cc1NC(=O)CCN(C)C. The molecule has 0 saturated heterocycles. The van der Waals surface area contributed by atoms with Crippen molar-refractivity contribution in [1.82, 2.24) is 14.9 Å². The van der Waals surface area contributed by atoms with Crippen LogP contribution in [0.15, 0.2) is 36.7 Å². The number of aryl methyl sites for hydroxylation is 1. The summed E-state index contributed by atoms with van der Waals surface area (Å²) in [5.74, 6) is -1.12. The highest BCUT2D eigenvalue weighted by molar-refractivity contribution is 6.11. The molecule has 0 atom stereocenters. The maximum atomic E-state index is 13.8. The van der Waals surface area contributed by atoms with E-state index in [4.69, 9.17) is 0 Å². The maximum absolute atomic E-state index is 13.8. The van der Waals surface area contributed by atoms with E-state index < -0.39 is 11.7 Å². The molecule has 0 bridgehead atoms. The summed E-state index contributed by atoms with van der Waals surface area (Å²) in [7, 11) is 3.80. The lowest BCUT2D eigenvalue weighted by atomic mass is 10.1. The number of carbonyl (C=O) groups is 2. The van der Waals surface area contributed by atoms with E-state index in [1.54, 1.807) is 18.2 Å². The molecule has 0 aliphatic carbocycles. The molecule has 2 aromatic carbocycles. The van der Waals surface area contributed by atoms with Gasteiger partial charge in [0.1, 0.15) is 11.3 Å². The number of carbonyl (C=O) groups excluding carboxylic acids is 2. The number of aromatic amines is 1. The maximum Gasteiger partial charge on any atom is 0.258 e. The molecule has 0 saturated carbocycles. The Bertz CT molecular complexity index is 1030. The summed E-state index contributed by atoms with van der Waals surface area (Å²) in [6, 6.07) is 7.64. The number of hydrogen-bond acceptors (Lipinski definition) is 4. The number of amides is 2. The van der Waals surface area contributed by atoms with Crippen LogP contribution in [0, 0.1) is 12.7 Å². The fraction of sp³-hybridized carbons (Fsp3) is 0.250. The van der Waals surface area contributed by atoms with Crippen LogP contribution in [-0.2, 0) is 4.79 Å². The molecule has 2 amide bonds. The number of benzene rings is 2. The van der Waals surface area contributed by atoms with Crippen LogP contribution in [-0.4, -0.2) is 47.3 Å². The third-order valence-electron chi connectivity index (χ3n) is 4.29. The first-order valence-corrected chi connectivity index (χ1v) is 8.82. The number of nitrogens with zero attached hydrogens (tertiary/aromatic N) is 2. The highest BCUT2D eigenvalue weighted by atomic mass is 19.1. The first-order valence-electron chi connectivity index (χ1n) is 8.82. The number of rotatable bonds is 6. The van der Waals surface area contributed by atoms with Crippen molar-refractivity contribution in [2.75, 3.05) is 31.3 Å². The monoisotopic (exact) mass is 383 g/mol. The molecular formula is C20H22FN5O2. The van der Waals surface area contributed by atoms with Gasteiger partial charge < -0.3 is 20.5 Å². The standard InChI is InChI=1S/C20H22FN5O2/c1-12-4-5-14(10-16(12)25-18(27)6-7-26(2)3)24-20(28)15-8-13(21)9-17-19(15)23-11-22-17/h4-5,8-11H,6-7H2,1-3H3,(H,22,23)(H,24,28)(H,25,27). The van der Waals surface area contributed by atoms with E-state index in [0.717, 1.165) is 11.6 Å². The largest absolute Gasteiger partial charge is 0.344 e. The lowest BCUT2D eigenvalue weighted by Gasteiger charge is -2.13. The first-order chi connectivity index (χ1) is 13.3. The number of anilines is 2. The van der Waals surface area contributed by atoms with Crippen molar-refractivity contribution in [1.29, 1.82) is 0 Å². The molecule has 0 fully saturated rings. The molecule has 3 rings (SSSR count). The lowest BCUT2D eigenvalue weighted by molar-refractivity contribution is -0.116. The molecule has 7 nitrogen and oxygen atoms in total. The van der Waals surface area contributed by atoms with Crippen molar-refractivity contribution in [3.8, 4) is 0 Å². The third-order valence-corrected chi connectivity index (χ3v) is 4.29. The van der Waals surface area contributed by atoms with Gasteiger partial charge in [-0.25, -0.2) is 9.37 Å². The Labute approximate surface area is 162 Å². The minimum absolute atomic E-state index is 0.108. The van der Waals surface area contributed by atoms with Gasteiger partial charge in [0.15, 0.2) is 0 Å². The summed E-state index contributed by atoms with van der Waals surface area (Å²) < 4.78 is 13.8. The van der Waals surface area contributed by atoms with Crippen LogP contribution in [0.4, 0.5) is 15.8 Å². The predicted octanol–water partition coefficient (Wildman–Crippen LogP) is 3.15. The van der Waals surface area contributed by atoms with E-state index in [9.17, 15) is 14.0 Å². The second-order valence-electron chi connectivity index (χ2n) is 6.84. The summed E-state index contributed by atoms with van der Waals surface area (Å²) in [5.41, 5.74) is 2.95. The van der Waals surface area contributed by atoms with Gasteiger partial charge in [-0.05, 0) is 50.8 Å². The average molecular weight is 383 g/mol. The van der Waals surface area contributed by atoms with Crippen molar-refractivity contribution in [2.24, 2.45) is 0 Å². The second-order valence-corrected chi connectivity index (χ2v) is 6.84. The zero-order valence-corrected chi connectivity index (χ0v) is 16.0. The molecule has 1 aromatic heterocycles. The Balaban J connectivity index is 1.78. The van der Waals surface area contributed by atoms with E-state index in [0.29, 0.717) is 35.4 Å². The van der Waals surface area contributed by atoms with Crippen LogP contribution in [0.1, 0.15) is 22.3 Å². The molecule has 8 heteroatoms. The molecule has 0 aliphatic heterocycles. The highest BCUT2D eigenvalue weighted by Gasteiger charge is 2.15. The van der Waals surface area contributed by atoms with Crippen LogP contribution in [0.25, 0.3) is 11.0 Å². The second kappa shape index (κ2) is 8.18. The fourth-order valence-electron chi connectivity index (χ4n) is 2.76. The molecule has 0 radical (unpaired) electrons. The topological polar surface area (TPSA) is 90.1 Å². The van der Waals surface area contributed by atoms with E-state index in [2.05, 4.69) is 20.6 Å². The van der Waals surface area contributed by atoms with Crippen LogP contribution in [0.3, 0.4) is 0 Å². The predicted molar refractivity (Wildman–Crippen MR) is 107 cm³/mol. The average Bonchev–Trinajstić information content (AvgIpc) is 3.10. The zero-order chi connectivity index (χ0) is 20.3. The van der Waals surface area contributed by atoms with Gasteiger partial charge in [0.05, 0.1) is 17.4 Å². The Morgan fingerprint density at radius 3 is 2.71 bits per heavy atom. The van der Waals surface area contributed by atoms with Gasteiger partial charge in [-0.1, -0.05) is 6.07 Å². The van der Waals surface area contributed by atoms with Gasteiger partial charge in [-0.3, -0.25) is 9.59 Å². The van der Waals surface area contributed by atoms with Crippen LogP contribution in [0.2, 0.25) is 0 Å². The molecule has 0 unspecified atom stereocenters. The molecule has 0 spiro atoms. The summed E-state index contributed by atoms with van der Waals surface area (Å²) >= 11 is 0. The third kappa shape index (κ3) is 4.52. The quantitative estimate of drug-likeness (QED) is 0.610. The first kappa shape index (κ1) is 19.5. The lowest BCUT2D eigenvalue weighted by Crippen LogP contribution is -2.21. The van der Waals surface area contributed by atoms with Gasteiger partial charge in [-0.2, -0.15) is 0 Å². The number of halogens is 1. The molecule has 28 heavy (non-hydrogen) atoms. The van der Waals surface area contributed by atoms with Crippen molar-refractivity contribution >= 4 is 34.2 Å². The zero-order valence-electron chi connectivity index (χ0n) is 16.0. The van der Waals surface area contributed by atoms with E-state index >= 15 is 0 Å². The minimum atomic E-state index is -0.528. The Hall–Kier alpha value is -3.26. The molecule has 146 valence electrons. The number of fused-ring (bicyclic) bond motifs is 1. The normalized spacial score (nSPS) is 11.0. The van der Waals surface area contributed by atoms with Gasteiger partial charge in [0, 0.05) is 24.3 Å². The van der Waals surface area contributed by atoms with Crippen molar-refractivity contribution in [3.05, 3.63) is 53.6 Å². The molecule has 3 aromatic rings. The Morgan fingerprint density at radius 1 is 1.18 bits per heavy atom. The van der Waals surface area contributed by atoms with E-state index in [1.807, 2.05) is 25.9 Å². The van der Waals surface area contributed by atoms with Gasteiger partial charge in [0.2, 0.25) is 5.91 Å². The van der Waals surface area contributed by atoms with E-state index in [1.165, 1.54) is 12.4 Å². The molecule has 0 aliphatic rings. The number of imidazole rings is 1. The Kier molecular flexibility index (Phi) is 5.70. The van der Waals surface area contributed by atoms with Gasteiger partial charge >= 0.3 is 0 Å². The van der Waals surface area contributed by atoms with Crippen molar-refractivity contribution < 1.29 is 14.0 Å². The molecule has 3 N–H and O–H groups in total. The van der Waals surface area contributed by atoms with Crippen molar-refractivity contribution in [2.45, 2.75) is 13.3 Å². The van der Waals surface area contributed by atoms with Gasteiger partial charge in [0.25, 0.3) is 5.91 Å². The van der Waals surface area contributed by atoms with Crippen molar-refractivity contribution in [3.63, 3.8) is 0 Å². The fourth-order valence-corrected chi connectivity index (χ4v) is 2.76. The minimum Gasteiger partial charge on any atom is -0.344 e. The summed E-state index contributed by atoms with van der Waals surface area (Å²) in [6.07, 6.45) is 1.78. The smallest absolute Gasteiger partial charge is 0.258 e. The number of nitrogens with one attached hydrogen (secondary N) is 3. The van der Waals surface area contributed by atoms with Crippen LogP contribution < -0.4 is 10.6 Å². The van der Waals surface area contributed by atoms with Crippen LogP contribution in [0.5, 0.6) is 0 Å².